The summed E-state index contributed by atoms with van der Waals surface area (Å²) in [5.41, 5.74) is 6.15. The molecule has 1 atom stereocenters. The van der Waals surface area contributed by atoms with Gasteiger partial charge >= 0.3 is 0 Å². The molecule has 2 rings (SSSR count). The summed E-state index contributed by atoms with van der Waals surface area (Å²) in [6, 6.07) is 4.23. The van der Waals surface area contributed by atoms with E-state index in [1.54, 1.807) is 0 Å². The zero-order valence-corrected chi connectivity index (χ0v) is 12.2. The Morgan fingerprint density at radius 3 is 2.68 bits per heavy atom. The van der Waals surface area contributed by atoms with Crippen LogP contribution in [-0.2, 0) is 0 Å². The van der Waals surface area contributed by atoms with E-state index in [1.807, 2.05) is 6.92 Å². The fourth-order valence-electron chi connectivity index (χ4n) is 2.60. The Labute approximate surface area is 116 Å². The molecule has 19 heavy (non-hydrogen) atoms. The van der Waals surface area contributed by atoms with Gasteiger partial charge in [-0.1, -0.05) is 29.9 Å². The SMILES string of the molecule is C=C(C)C1CC=C(C=Cc2cc(C)cc(C)n2)CC1. The van der Waals surface area contributed by atoms with Gasteiger partial charge in [0.2, 0.25) is 0 Å². The highest BCUT2D eigenvalue weighted by Gasteiger charge is 2.13. The van der Waals surface area contributed by atoms with Gasteiger partial charge in [0.05, 0.1) is 5.69 Å². The van der Waals surface area contributed by atoms with Gasteiger partial charge in [-0.05, 0) is 69.7 Å². The van der Waals surface area contributed by atoms with Crippen molar-refractivity contribution >= 4 is 6.08 Å². The molecule has 1 heteroatoms. The first-order valence-corrected chi connectivity index (χ1v) is 7.02. The summed E-state index contributed by atoms with van der Waals surface area (Å²) >= 11 is 0. The number of nitrogens with zero attached hydrogens (tertiary/aromatic N) is 1. The Morgan fingerprint density at radius 2 is 2.11 bits per heavy atom. The van der Waals surface area contributed by atoms with Gasteiger partial charge in [-0.3, -0.25) is 4.98 Å². The van der Waals surface area contributed by atoms with E-state index >= 15 is 0 Å². The Balaban J connectivity index is 2.05. The summed E-state index contributed by atoms with van der Waals surface area (Å²) < 4.78 is 0. The minimum Gasteiger partial charge on any atom is -0.254 e. The van der Waals surface area contributed by atoms with Crippen LogP contribution < -0.4 is 0 Å². The third-order valence-electron chi connectivity index (χ3n) is 3.73. The second kappa shape index (κ2) is 6.01. The molecule has 1 aliphatic carbocycles. The van der Waals surface area contributed by atoms with Gasteiger partial charge in [0, 0.05) is 5.69 Å². The van der Waals surface area contributed by atoms with E-state index in [0.717, 1.165) is 24.2 Å². The molecule has 1 heterocycles. The standard InChI is InChI=1S/C18H23N/c1-13(2)17-8-5-16(6-9-17)7-10-18-12-14(3)11-15(4)19-18/h5,7,10-12,17H,1,6,8-9H2,2-4H3. The zero-order valence-electron chi connectivity index (χ0n) is 12.2. The van der Waals surface area contributed by atoms with E-state index in [-0.39, 0.29) is 0 Å². The molecule has 100 valence electrons. The van der Waals surface area contributed by atoms with Crippen LogP contribution in [0.3, 0.4) is 0 Å². The minimum atomic E-state index is 0.677. The van der Waals surface area contributed by atoms with E-state index in [1.165, 1.54) is 23.1 Å². The van der Waals surface area contributed by atoms with Crippen molar-refractivity contribution in [1.29, 1.82) is 0 Å². The van der Waals surface area contributed by atoms with Crippen molar-refractivity contribution in [3.8, 4) is 0 Å². The first kappa shape index (κ1) is 13.8. The maximum atomic E-state index is 4.53. The van der Waals surface area contributed by atoms with Crippen LogP contribution in [0, 0.1) is 19.8 Å². The molecule has 0 amide bonds. The van der Waals surface area contributed by atoms with E-state index in [9.17, 15) is 0 Å². The number of hydrogen-bond acceptors (Lipinski definition) is 1. The average Bonchev–Trinajstić information content (AvgIpc) is 2.36. The minimum absolute atomic E-state index is 0.677. The number of allylic oxidation sites excluding steroid dienone is 4. The molecule has 0 saturated carbocycles. The van der Waals surface area contributed by atoms with Gasteiger partial charge in [-0.25, -0.2) is 0 Å². The van der Waals surface area contributed by atoms with Gasteiger partial charge in [-0.15, -0.1) is 0 Å². The first-order valence-electron chi connectivity index (χ1n) is 7.02. The van der Waals surface area contributed by atoms with Gasteiger partial charge in [0.25, 0.3) is 0 Å². The smallest absolute Gasteiger partial charge is 0.0635 e. The van der Waals surface area contributed by atoms with Crippen molar-refractivity contribution in [2.24, 2.45) is 5.92 Å². The zero-order chi connectivity index (χ0) is 13.8. The van der Waals surface area contributed by atoms with Crippen molar-refractivity contribution in [2.75, 3.05) is 0 Å². The third kappa shape index (κ3) is 3.92. The summed E-state index contributed by atoms with van der Waals surface area (Å²) in [6.45, 7) is 10.4. The van der Waals surface area contributed by atoms with Crippen LogP contribution in [0.4, 0.5) is 0 Å². The number of pyridine rings is 1. The normalized spacial score (nSPS) is 19.5. The fraction of sp³-hybridized carbons (Fsp3) is 0.389. The predicted molar refractivity (Wildman–Crippen MR) is 83.0 cm³/mol. The molecular weight excluding hydrogens is 230 g/mol. The molecule has 0 bridgehead atoms. The van der Waals surface area contributed by atoms with Crippen LogP contribution in [0.1, 0.15) is 43.1 Å². The third-order valence-corrected chi connectivity index (χ3v) is 3.73. The van der Waals surface area contributed by atoms with Crippen molar-refractivity contribution in [3.05, 3.63) is 59.0 Å². The molecule has 1 aromatic rings. The lowest BCUT2D eigenvalue weighted by atomic mass is 9.85. The largest absolute Gasteiger partial charge is 0.254 e. The maximum absolute atomic E-state index is 4.53. The van der Waals surface area contributed by atoms with E-state index < -0.39 is 0 Å². The van der Waals surface area contributed by atoms with Crippen LogP contribution in [0.25, 0.3) is 6.08 Å². The molecule has 0 fully saturated rings. The monoisotopic (exact) mass is 253 g/mol. The van der Waals surface area contributed by atoms with Gasteiger partial charge in [0.15, 0.2) is 0 Å². The molecule has 1 nitrogen and oxygen atoms in total. The summed E-state index contributed by atoms with van der Waals surface area (Å²) in [5, 5.41) is 0. The first-order chi connectivity index (χ1) is 9.04. The Kier molecular flexibility index (Phi) is 4.36. The van der Waals surface area contributed by atoms with Crippen molar-refractivity contribution in [1.82, 2.24) is 4.98 Å². The number of aromatic nitrogens is 1. The van der Waals surface area contributed by atoms with Crippen molar-refractivity contribution < 1.29 is 0 Å². The van der Waals surface area contributed by atoms with Crippen LogP contribution >= 0.6 is 0 Å². The Hall–Kier alpha value is -1.63. The number of aryl methyl sites for hydroxylation is 2. The number of hydrogen-bond donors (Lipinski definition) is 0. The quantitative estimate of drug-likeness (QED) is 0.690. The van der Waals surface area contributed by atoms with Crippen LogP contribution in [-0.4, -0.2) is 4.98 Å². The van der Waals surface area contributed by atoms with E-state index in [2.05, 4.69) is 55.8 Å². The molecule has 0 aliphatic heterocycles. The molecule has 0 radical (unpaired) electrons. The average molecular weight is 253 g/mol. The van der Waals surface area contributed by atoms with Gasteiger partial charge < -0.3 is 0 Å². The molecule has 0 N–H and O–H groups in total. The lowest BCUT2D eigenvalue weighted by molar-refractivity contribution is 0.545. The Morgan fingerprint density at radius 1 is 1.32 bits per heavy atom. The van der Waals surface area contributed by atoms with E-state index in [4.69, 9.17) is 0 Å². The predicted octanol–water partition coefficient (Wildman–Crippen LogP) is 5.01. The fourth-order valence-corrected chi connectivity index (χ4v) is 2.60. The summed E-state index contributed by atoms with van der Waals surface area (Å²) in [4.78, 5) is 4.53. The van der Waals surface area contributed by atoms with Gasteiger partial charge in [0.1, 0.15) is 0 Å². The highest BCUT2D eigenvalue weighted by molar-refractivity contribution is 5.50. The van der Waals surface area contributed by atoms with Gasteiger partial charge in [-0.2, -0.15) is 0 Å². The Bertz CT molecular complexity index is 514. The maximum Gasteiger partial charge on any atom is 0.0635 e. The summed E-state index contributed by atoms with van der Waals surface area (Å²) in [5.74, 6) is 0.677. The lowest BCUT2D eigenvalue weighted by Gasteiger charge is -2.20. The van der Waals surface area contributed by atoms with Crippen LogP contribution in [0.15, 0.2) is 42.0 Å². The highest BCUT2D eigenvalue weighted by atomic mass is 14.7. The number of rotatable bonds is 3. The lowest BCUT2D eigenvalue weighted by Crippen LogP contribution is -2.05. The van der Waals surface area contributed by atoms with E-state index in [0.29, 0.717) is 5.92 Å². The second-order valence-corrected chi connectivity index (χ2v) is 5.64. The summed E-state index contributed by atoms with van der Waals surface area (Å²) in [7, 11) is 0. The van der Waals surface area contributed by atoms with Crippen LogP contribution in [0.2, 0.25) is 0 Å². The van der Waals surface area contributed by atoms with Crippen LogP contribution in [0.5, 0.6) is 0 Å². The second-order valence-electron chi connectivity index (χ2n) is 5.64. The molecule has 0 spiro atoms. The highest BCUT2D eigenvalue weighted by Crippen LogP contribution is 2.28. The molecule has 0 saturated heterocycles. The molecule has 1 unspecified atom stereocenters. The summed E-state index contributed by atoms with van der Waals surface area (Å²) in [6.07, 6.45) is 10.2. The molecule has 1 aromatic heterocycles. The molecule has 1 aliphatic rings. The topological polar surface area (TPSA) is 12.9 Å². The molecule has 0 aromatic carbocycles. The van der Waals surface area contributed by atoms with Crippen molar-refractivity contribution in [3.63, 3.8) is 0 Å². The molecular formula is C18H23N. The van der Waals surface area contributed by atoms with Crippen molar-refractivity contribution in [2.45, 2.75) is 40.0 Å².